The second-order valence-corrected chi connectivity index (χ2v) is 6.51. The molecule has 1 aromatic carbocycles. The fourth-order valence-electron chi connectivity index (χ4n) is 3.54. The molecule has 2 heterocycles. The van der Waals surface area contributed by atoms with Crippen molar-refractivity contribution in [3.63, 3.8) is 0 Å². The molecule has 0 aromatic heterocycles. The second kappa shape index (κ2) is 7.21. The molecular weight excluding hydrogens is 306 g/mol. The molecule has 0 radical (unpaired) electrons. The van der Waals surface area contributed by atoms with E-state index in [0.717, 1.165) is 44.7 Å². The zero-order valence-corrected chi connectivity index (χ0v) is 14.3. The monoisotopic (exact) mass is 331 g/mol. The smallest absolute Gasteiger partial charge is 0.337 e. The summed E-state index contributed by atoms with van der Waals surface area (Å²) in [5.74, 6) is -0.0879. The van der Waals surface area contributed by atoms with Crippen molar-refractivity contribution in [2.45, 2.75) is 31.8 Å². The Hall–Kier alpha value is -2.08. The van der Waals surface area contributed by atoms with Crippen LogP contribution in [-0.4, -0.2) is 62.1 Å². The first-order valence-electron chi connectivity index (χ1n) is 8.57. The molecule has 1 N–H and O–H groups in total. The van der Waals surface area contributed by atoms with Gasteiger partial charge < -0.3 is 19.9 Å². The predicted molar refractivity (Wildman–Crippen MR) is 92.2 cm³/mol. The Morgan fingerprint density at radius 3 is 2.54 bits per heavy atom. The molecule has 2 saturated heterocycles. The van der Waals surface area contributed by atoms with Gasteiger partial charge >= 0.3 is 5.97 Å². The third kappa shape index (κ3) is 3.38. The summed E-state index contributed by atoms with van der Waals surface area (Å²) in [6, 6.07) is 7.62. The molecule has 6 heteroatoms. The summed E-state index contributed by atoms with van der Waals surface area (Å²) in [7, 11) is 1.38. The third-order valence-electron chi connectivity index (χ3n) is 4.92. The number of ether oxygens (including phenoxy) is 1. The van der Waals surface area contributed by atoms with E-state index in [0.29, 0.717) is 5.56 Å². The van der Waals surface area contributed by atoms with Gasteiger partial charge in [0.2, 0.25) is 5.91 Å². The Kier molecular flexibility index (Phi) is 5.04. The number of benzene rings is 1. The highest BCUT2D eigenvalue weighted by Gasteiger charge is 2.33. The number of hydrogen-bond donors (Lipinski definition) is 1. The Balaban J connectivity index is 1.62. The number of rotatable bonds is 3. The predicted octanol–water partition coefficient (Wildman–Crippen LogP) is 1.26. The van der Waals surface area contributed by atoms with Gasteiger partial charge in [0, 0.05) is 31.4 Å². The van der Waals surface area contributed by atoms with Crippen LogP contribution in [0.15, 0.2) is 24.3 Å². The molecule has 2 aliphatic rings. The van der Waals surface area contributed by atoms with Crippen LogP contribution in [-0.2, 0) is 9.53 Å². The van der Waals surface area contributed by atoms with E-state index in [4.69, 9.17) is 4.74 Å². The molecule has 2 fully saturated rings. The number of esters is 1. The minimum atomic E-state index is -0.325. The van der Waals surface area contributed by atoms with Crippen LogP contribution in [0.25, 0.3) is 0 Å². The maximum Gasteiger partial charge on any atom is 0.337 e. The highest BCUT2D eigenvalue weighted by molar-refractivity contribution is 5.89. The molecule has 0 saturated carbocycles. The Labute approximate surface area is 142 Å². The first-order valence-corrected chi connectivity index (χ1v) is 8.57. The molecule has 1 aromatic rings. The SMILES string of the molecule is COC(=O)c1ccc(N2CCN(C(=O)C3CCCN3)C(C)C2)cc1. The molecule has 0 spiro atoms. The lowest BCUT2D eigenvalue weighted by atomic mass is 10.1. The highest BCUT2D eigenvalue weighted by atomic mass is 16.5. The van der Waals surface area contributed by atoms with Crippen LogP contribution in [0.4, 0.5) is 5.69 Å². The summed E-state index contributed by atoms with van der Waals surface area (Å²) in [5, 5.41) is 3.29. The number of carbonyl (C=O) groups excluding carboxylic acids is 2. The summed E-state index contributed by atoms with van der Waals surface area (Å²) < 4.78 is 4.73. The van der Waals surface area contributed by atoms with Crippen molar-refractivity contribution >= 4 is 17.6 Å². The third-order valence-corrected chi connectivity index (χ3v) is 4.92. The van der Waals surface area contributed by atoms with Gasteiger partial charge in [0.05, 0.1) is 18.7 Å². The first-order chi connectivity index (χ1) is 11.6. The largest absolute Gasteiger partial charge is 0.465 e. The van der Waals surface area contributed by atoms with Crippen LogP contribution in [0, 0.1) is 0 Å². The molecule has 3 rings (SSSR count). The molecule has 0 aliphatic carbocycles. The molecule has 0 bridgehead atoms. The van der Waals surface area contributed by atoms with E-state index < -0.39 is 0 Å². The molecule has 1 amide bonds. The summed E-state index contributed by atoms with van der Waals surface area (Å²) in [6.45, 7) is 5.38. The molecule has 2 unspecified atom stereocenters. The zero-order chi connectivity index (χ0) is 17.1. The molecule has 130 valence electrons. The minimum Gasteiger partial charge on any atom is -0.465 e. The van der Waals surface area contributed by atoms with Crippen LogP contribution in [0.2, 0.25) is 0 Å². The van der Waals surface area contributed by atoms with Crippen molar-refractivity contribution in [2.75, 3.05) is 38.2 Å². The maximum atomic E-state index is 12.6. The van der Waals surface area contributed by atoms with Crippen molar-refractivity contribution in [3.8, 4) is 0 Å². The van der Waals surface area contributed by atoms with E-state index in [-0.39, 0.29) is 24.0 Å². The first kappa shape index (κ1) is 16.8. The molecule has 2 aliphatic heterocycles. The summed E-state index contributed by atoms with van der Waals surface area (Å²) in [6.07, 6.45) is 2.03. The topological polar surface area (TPSA) is 61.9 Å². The number of carbonyl (C=O) groups is 2. The standard InChI is InChI=1S/C18H25N3O3/c1-13-12-20(15-7-5-14(6-8-15)18(23)24-2)10-11-21(13)17(22)16-4-3-9-19-16/h5-8,13,16,19H,3-4,9-12H2,1-2H3. The average Bonchev–Trinajstić information content (AvgIpc) is 3.15. The van der Waals surface area contributed by atoms with Crippen LogP contribution in [0.5, 0.6) is 0 Å². The van der Waals surface area contributed by atoms with Crippen molar-refractivity contribution in [1.82, 2.24) is 10.2 Å². The van der Waals surface area contributed by atoms with Gasteiger partial charge in [-0.2, -0.15) is 0 Å². The van der Waals surface area contributed by atoms with Crippen molar-refractivity contribution in [3.05, 3.63) is 29.8 Å². The zero-order valence-electron chi connectivity index (χ0n) is 14.3. The van der Waals surface area contributed by atoms with Gasteiger partial charge in [0.15, 0.2) is 0 Å². The number of hydrogen-bond acceptors (Lipinski definition) is 5. The van der Waals surface area contributed by atoms with Crippen LogP contribution < -0.4 is 10.2 Å². The molecule has 24 heavy (non-hydrogen) atoms. The summed E-state index contributed by atoms with van der Waals surface area (Å²) >= 11 is 0. The molecule has 6 nitrogen and oxygen atoms in total. The van der Waals surface area contributed by atoms with Gasteiger partial charge in [-0.3, -0.25) is 4.79 Å². The van der Waals surface area contributed by atoms with Crippen molar-refractivity contribution in [2.24, 2.45) is 0 Å². The van der Waals surface area contributed by atoms with Crippen LogP contribution in [0.3, 0.4) is 0 Å². The van der Waals surface area contributed by atoms with E-state index in [9.17, 15) is 9.59 Å². The lowest BCUT2D eigenvalue weighted by Gasteiger charge is -2.42. The van der Waals surface area contributed by atoms with Gasteiger partial charge in [-0.15, -0.1) is 0 Å². The van der Waals surface area contributed by atoms with E-state index in [1.807, 2.05) is 17.0 Å². The fraction of sp³-hybridized carbons (Fsp3) is 0.556. The Morgan fingerprint density at radius 2 is 1.96 bits per heavy atom. The van der Waals surface area contributed by atoms with Gasteiger partial charge in [-0.05, 0) is 50.6 Å². The number of nitrogens with zero attached hydrogens (tertiary/aromatic N) is 2. The number of piperazine rings is 1. The molecular formula is C18H25N3O3. The van der Waals surface area contributed by atoms with Gasteiger partial charge in [-0.1, -0.05) is 0 Å². The Bertz CT molecular complexity index is 596. The lowest BCUT2D eigenvalue weighted by Crippen LogP contribution is -2.57. The highest BCUT2D eigenvalue weighted by Crippen LogP contribution is 2.21. The van der Waals surface area contributed by atoms with Crippen LogP contribution >= 0.6 is 0 Å². The maximum absolute atomic E-state index is 12.6. The van der Waals surface area contributed by atoms with E-state index in [1.54, 1.807) is 12.1 Å². The second-order valence-electron chi connectivity index (χ2n) is 6.51. The van der Waals surface area contributed by atoms with E-state index in [1.165, 1.54) is 7.11 Å². The van der Waals surface area contributed by atoms with Crippen LogP contribution in [0.1, 0.15) is 30.1 Å². The number of nitrogens with one attached hydrogen (secondary N) is 1. The number of anilines is 1. The lowest BCUT2D eigenvalue weighted by molar-refractivity contribution is -0.135. The van der Waals surface area contributed by atoms with E-state index >= 15 is 0 Å². The average molecular weight is 331 g/mol. The van der Waals surface area contributed by atoms with Gasteiger partial charge in [0.25, 0.3) is 0 Å². The summed E-state index contributed by atoms with van der Waals surface area (Å²) in [4.78, 5) is 28.4. The van der Waals surface area contributed by atoms with E-state index in [2.05, 4.69) is 17.1 Å². The van der Waals surface area contributed by atoms with Crippen molar-refractivity contribution in [1.29, 1.82) is 0 Å². The Morgan fingerprint density at radius 1 is 1.21 bits per heavy atom. The summed E-state index contributed by atoms with van der Waals surface area (Å²) in [5.41, 5.74) is 1.62. The van der Waals surface area contributed by atoms with Gasteiger partial charge in [0.1, 0.15) is 0 Å². The minimum absolute atomic E-state index is 0.00154. The normalized spacial score (nSPS) is 24.1. The number of methoxy groups -OCH3 is 1. The fourth-order valence-corrected chi connectivity index (χ4v) is 3.54. The number of amides is 1. The van der Waals surface area contributed by atoms with Gasteiger partial charge in [-0.25, -0.2) is 4.79 Å². The molecule has 2 atom stereocenters. The van der Waals surface area contributed by atoms with Crippen molar-refractivity contribution < 1.29 is 14.3 Å². The quantitative estimate of drug-likeness (QED) is 0.845.